The molecule has 13 heavy (non-hydrogen) atoms. The van der Waals surface area contributed by atoms with Crippen molar-refractivity contribution in [2.45, 2.75) is 6.92 Å². The summed E-state index contributed by atoms with van der Waals surface area (Å²) < 4.78 is 1.05. The molecule has 0 aliphatic heterocycles. The first-order valence-corrected chi connectivity index (χ1v) is 5.09. The van der Waals surface area contributed by atoms with Gasteiger partial charge in [0.05, 0.1) is 5.69 Å². The van der Waals surface area contributed by atoms with E-state index in [-0.39, 0.29) is 0 Å². The highest BCUT2D eigenvalue weighted by molar-refractivity contribution is 9.10. The molecule has 2 nitrogen and oxygen atoms in total. The lowest BCUT2D eigenvalue weighted by Crippen LogP contribution is -2.24. The maximum atomic E-state index is 5.00. The Labute approximate surface area is 91.9 Å². The first-order chi connectivity index (χ1) is 6.15. The van der Waals surface area contributed by atoms with Gasteiger partial charge in [0.2, 0.25) is 0 Å². The van der Waals surface area contributed by atoms with Crippen molar-refractivity contribution in [3.63, 3.8) is 0 Å². The molecule has 0 amide bonds. The van der Waals surface area contributed by atoms with Gasteiger partial charge < -0.3 is 10.6 Å². The molecule has 0 aliphatic carbocycles. The van der Waals surface area contributed by atoms with E-state index in [1.54, 1.807) is 7.05 Å². The van der Waals surface area contributed by atoms with Crippen LogP contribution in [-0.4, -0.2) is 12.2 Å². The largest absolute Gasteiger partial charge is 0.366 e. The predicted molar refractivity (Wildman–Crippen MR) is 64.2 cm³/mol. The highest BCUT2D eigenvalue weighted by atomic mass is 79.9. The summed E-state index contributed by atoms with van der Waals surface area (Å²) in [5.41, 5.74) is 2.17. The van der Waals surface area contributed by atoms with Crippen LogP contribution in [0, 0.1) is 6.92 Å². The van der Waals surface area contributed by atoms with Crippen molar-refractivity contribution >= 4 is 38.9 Å². The minimum atomic E-state index is 0.617. The number of rotatable bonds is 1. The Morgan fingerprint density at radius 3 is 2.77 bits per heavy atom. The number of hydrogen-bond acceptors (Lipinski definition) is 1. The van der Waals surface area contributed by atoms with Gasteiger partial charge in [0.1, 0.15) is 0 Å². The zero-order valence-corrected chi connectivity index (χ0v) is 9.92. The van der Waals surface area contributed by atoms with Crippen LogP contribution in [-0.2, 0) is 0 Å². The normalized spacial score (nSPS) is 9.46. The highest BCUT2D eigenvalue weighted by Gasteiger charge is 2.02. The number of anilines is 1. The van der Waals surface area contributed by atoms with Gasteiger partial charge in [-0.3, -0.25) is 0 Å². The summed E-state index contributed by atoms with van der Waals surface area (Å²) in [5.74, 6) is 0. The van der Waals surface area contributed by atoms with Crippen molar-refractivity contribution in [1.29, 1.82) is 0 Å². The van der Waals surface area contributed by atoms with E-state index in [4.69, 9.17) is 12.2 Å². The molecular weight excluding hydrogens is 248 g/mol. The molecule has 0 bridgehead atoms. The van der Waals surface area contributed by atoms with Gasteiger partial charge in [0, 0.05) is 11.5 Å². The molecule has 70 valence electrons. The summed E-state index contributed by atoms with van der Waals surface area (Å²) in [7, 11) is 1.79. The fraction of sp³-hybridized carbons (Fsp3) is 0.222. The van der Waals surface area contributed by atoms with Crippen LogP contribution in [0.15, 0.2) is 22.7 Å². The molecule has 1 aromatic rings. The van der Waals surface area contributed by atoms with Gasteiger partial charge in [0.15, 0.2) is 5.11 Å². The number of nitrogens with one attached hydrogen (secondary N) is 2. The van der Waals surface area contributed by atoms with Gasteiger partial charge in [-0.25, -0.2) is 0 Å². The summed E-state index contributed by atoms with van der Waals surface area (Å²) >= 11 is 8.49. The van der Waals surface area contributed by atoms with E-state index in [0.717, 1.165) is 10.2 Å². The Hall–Kier alpha value is -0.610. The van der Waals surface area contributed by atoms with E-state index in [1.807, 2.05) is 25.1 Å². The van der Waals surface area contributed by atoms with E-state index in [0.29, 0.717) is 5.11 Å². The van der Waals surface area contributed by atoms with Crippen LogP contribution < -0.4 is 10.6 Å². The van der Waals surface area contributed by atoms with Crippen LogP contribution in [0.25, 0.3) is 0 Å². The molecule has 0 radical (unpaired) electrons. The number of thiocarbonyl (C=S) groups is 1. The second-order valence-electron chi connectivity index (χ2n) is 2.64. The Balaban J connectivity index is 2.89. The summed E-state index contributed by atoms with van der Waals surface area (Å²) in [6.45, 7) is 2.04. The van der Waals surface area contributed by atoms with Crippen molar-refractivity contribution in [3.05, 3.63) is 28.2 Å². The molecule has 4 heteroatoms. The van der Waals surface area contributed by atoms with E-state index < -0.39 is 0 Å². The van der Waals surface area contributed by atoms with Gasteiger partial charge in [0.25, 0.3) is 0 Å². The second-order valence-corrected chi connectivity index (χ2v) is 3.84. The van der Waals surface area contributed by atoms with Crippen LogP contribution in [0.4, 0.5) is 5.69 Å². The molecule has 0 saturated carbocycles. The Morgan fingerprint density at radius 1 is 1.46 bits per heavy atom. The number of halogens is 1. The molecule has 0 heterocycles. The molecular formula is C9H11BrN2S. The molecule has 0 unspecified atom stereocenters. The fourth-order valence-corrected chi connectivity index (χ4v) is 1.40. The SMILES string of the molecule is CNC(=S)Nc1cccc(C)c1Br. The Bertz CT molecular complexity index is 325. The van der Waals surface area contributed by atoms with E-state index in [9.17, 15) is 0 Å². The second kappa shape index (κ2) is 4.58. The first-order valence-electron chi connectivity index (χ1n) is 3.89. The maximum Gasteiger partial charge on any atom is 0.170 e. The smallest absolute Gasteiger partial charge is 0.170 e. The molecule has 0 aromatic heterocycles. The summed E-state index contributed by atoms with van der Waals surface area (Å²) in [6.07, 6.45) is 0. The average molecular weight is 259 g/mol. The minimum absolute atomic E-state index is 0.617. The number of hydrogen-bond donors (Lipinski definition) is 2. The Morgan fingerprint density at radius 2 is 2.15 bits per heavy atom. The molecule has 0 fully saturated rings. The lowest BCUT2D eigenvalue weighted by atomic mass is 10.2. The van der Waals surface area contributed by atoms with E-state index in [1.165, 1.54) is 5.56 Å². The van der Waals surface area contributed by atoms with Crippen LogP contribution in [0.5, 0.6) is 0 Å². The van der Waals surface area contributed by atoms with Crippen LogP contribution in [0.1, 0.15) is 5.56 Å². The molecule has 2 N–H and O–H groups in total. The lowest BCUT2D eigenvalue weighted by molar-refractivity contribution is 1.19. The van der Waals surface area contributed by atoms with Crippen molar-refractivity contribution in [1.82, 2.24) is 5.32 Å². The quantitative estimate of drug-likeness (QED) is 0.758. The number of benzene rings is 1. The van der Waals surface area contributed by atoms with Gasteiger partial charge >= 0.3 is 0 Å². The highest BCUT2D eigenvalue weighted by Crippen LogP contribution is 2.25. The van der Waals surface area contributed by atoms with Gasteiger partial charge in [-0.1, -0.05) is 12.1 Å². The van der Waals surface area contributed by atoms with Gasteiger partial charge in [-0.2, -0.15) is 0 Å². The minimum Gasteiger partial charge on any atom is -0.366 e. The maximum absolute atomic E-state index is 5.00. The monoisotopic (exact) mass is 258 g/mol. The van der Waals surface area contributed by atoms with Crippen LogP contribution >= 0.6 is 28.1 Å². The van der Waals surface area contributed by atoms with Crippen molar-refractivity contribution in [2.75, 3.05) is 12.4 Å². The molecule has 1 aromatic carbocycles. The average Bonchev–Trinajstić information content (AvgIpc) is 2.13. The topological polar surface area (TPSA) is 24.1 Å². The van der Waals surface area contributed by atoms with Crippen LogP contribution in [0.3, 0.4) is 0 Å². The van der Waals surface area contributed by atoms with E-state index >= 15 is 0 Å². The summed E-state index contributed by atoms with van der Waals surface area (Å²) in [6, 6.07) is 6.00. The third-order valence-electron chi connectivity index (χ3n) is 1.67. The standard InChI is InChI=1S/C9H11BrN2S/c1-6-4-3-5-7(8(6)10)12-9(13)11-2/h3-5H,1-2H3,(H2,11,12,13). The molecule has 0 aliphatic rings. The number of aryl methyl sites for hydroxylation is 1. The predicted octanol–water partition coefficient (Wildman–Crippen LogP) is 2.67. The van der Waals surface area contributed by atoms with Gasteiger partial charge in [-0.15, -0.1) is 0 Å². The zero-order valence-electron chi connectivity index (χ0n) is 7.52. The fourth-order valence-electron chi connectivity index (χ4n) is 0.929. The zero-order chi connectivity index (χ0) is 9.84. The lowest BCUT2D eigenvalue weighted by Gasteiger charge is -2.10. The molecule has 0 spiro atoms. The first kappa shape index (κ1) is 10.5. The Kier molecular flexibility index (Phi) is 3.69. The summed E-state index contributed by atoms with van der Waals surface area (Å²) in [4.78, 5) is 0. The third-order valence-corrected chi connectivity index (χ3v) is 3.03. The van der Waals surface area contributed by atoms with Gasteiger partial charge in [-0.05, 0) is 46.7 Å². The molecule has 1 rings (SSSR count). The third kappa shape index (κ3) is 2.67. The molecule has 0 atom stereocenters. The van der Waals surface area contributed by atoms with Crippen molar-refractivity contribution in [3.8, 4) is 0 Å². The van der Waals surface area contributed by atoms with E-state index in [2.05, 4.69) is 26.6 Å². The van der Waals surface area contributed by atoms with Crippen molar-refractivity contribution < 1.29 is 0 Å². The molecule has 0 saturated heterocycles. The van der Waals surface area contributed by atoms with Crippen molar-refractivity contribution in [2.24, 2.45) is 0 Å². The summed E-state index contributed by atoms with van der Waals surface area (Å²) in [5, 5.41) is 6.55. The van der Waals surface area contributed by atoms with Crippen LogP contribution in [0.2, 0.25) is 0 Å².